The Bertz CT molecular complexity index is 536. The largest absolute Gasteiger partial charge is 0.353 e. The maximum atomic E-state index is 9.20. The molecule has 0 radical (unpaired) electrons. The number of piperidine rings is 1. The Morgan fingerprint density at radius 3 is 2.67 bits per heavy atom. The molecule has 2 aliphatic heterocycles. The zero-order valence-electron chi connectivity index (χ0n) is 13.0. The third kappa shape index (κ3) is 3.03. The summed E-state index contributed by atoms with van der Waals surface area (Å²) in [6.45, 7) is 5.20. The maximum absolute atomic E-state index is 9.20. The highest BCUT2D eigenvalue weighted by atomic mass is 15.2. The number of hydrogen-bond acceptors (Lipinski definition) is 4. The predicted octanol–water partition coefficient (Wildman–Crippen LogP) is 2.76. The van der Waals surface area contributed by atoms with Crippen LogP contribution in [0.5, 0.6) is 0 Å². The lowest BCUT2D eigenvalue weighted by Gasteiger charge is -2.38. The number of fused-ring (bicyclic) bond motifs is 2. The number of nitrogens with zero attached hydrogens (tertiary/aromatic N) is 3. The van der Waals surface area contributed by atoms with Gasteiger partial charge >= 0.3 is 0 Å². The second kappa shape index (κ2) is 6.03. The van der Waals surface area contributed by atoms with E-state index in [-0.39, 0.29) is 0 Å². The summed E-state index contributed by atoms with van der Waals surface area (Å²) in [6.07, 6.45) is 6.14. The molecule has 0 spiro atoms. The van der Waals surface area contributed by atoms with Crippen LogP contribution >= 0.6 is 0 Å². The van der Waals surface area contributed by atoms with Crippen LogP contribution in [0, 0.1) is 18.3 Å². The number of anilines is 1. The molecular formula is C17H24N4. The first-order chi connectivity index (χ1) is 10.2. The van der Waals surface area contributed by atoms with E-state index in [1.54, 1.807) is 0 Å². The molecule has 0 aromatic carbocycles. The molecule has 2 bridgehead atoms. The maximum Gasteiger partial charge on any atom is 0.130 e. The van der Waals surface area contributed by atoms with Crippen molar-refractivity contribution < 1.29 is 0 Å². The number of aryl methyl sites for hydroxylation is 1. The molecule has 2 atom stereocenters. The van der Waals surface area contributed by atoms with Gasteiger partial charge in [-0.2, -0.15) is 5.26 Å². The molecule has 2 unspecified atom stereocenters. The van der Waals surface area contributed by atoms with Crippen LogP contribution in [-0.2, 0) is 0 Å². The van der Waals surface area contributed by atoms with Gasteiger partial charge in [0.05, 0.1) is 11.6 Å². The van der Waals surface area contributed by atoms with Crippen molar-refractivity contribution in [2.45, 2.75) is 64.1 Å². The Labute approximate surface area is 127 Å². The highest BCUT2D eigenvalue weighted by Gasteiger charge is 2.36. The van der Waals surface area contributed by atoms with Gasteiger partial charge in [-0.05, 0) is 51.2 Å². The summed E-state index contributed by atoms with van der Waals surface area (Å²) in [7, 11) is 0. The number of rotatable bonds is 4. The predicted molar refractivity (Wildman–Crippen MR) is 84.3 cm³/mol. The minimum Gasteiger partial charge on any atom is -0.353 e. The van der Waals surface area contributed by atoms with Crippen LogP contribution in [0.1, 0.15) is 50.3 Å². The van der Waals surface area contributed by atoms with Gasteiger partial charge in [0.2, 0.25) is 0 Å². The van der Waals surface area contributed by atoms with E-state index >= 15 is 0 Å². The van der Waals surface area contributed by atoms with Gasteiger partial charge in [-0.25, -0.2) is 4.98 Å². The van der Waals surface area contributed by atoms with Gasteiger partial charge in [-0.15, -0.1) is 0 Å². The van der Waals surface area contributed by atoms with Gasteiger partial charge < -0.3 is 10.2 Å². The lowest BCUT2D eigenvalue weighted by molar-refractivity contribution is 0.345. The van der Waals surface area contributed by atoms with Gasteiger partial charge in [0.25, 0.3) is 0 Å². The number of pyridine rings is 1. The molecule has 1 aromatic rings. The van der Waals surface area contributed by atoms with E-state index in [2.05, 4.69) is 23.2 Å². The average molecular weight is 284 g/mol. The smallest absolute Gasteiger partial charge is 0.130 e. The molecular weight excluding hydrogens is 260 g/mol. The minimum atomic E-state index is 0.560. The van der Waals surface area contributed by atoms with Crippen LogP contribution < -0.4 is 10.2 Å². The average Bonchev–Trinajstić information content (AvgIpc) is 2.82. The fraction of sp³-hybridized carbons (Fsp3) is 0.647. The summed E-state index contributed by atoms with van der Waals surface area (Å²) < 4.78 is 0. The summed E-state index contributed by atoms with van der Waals surface area (Å²) in [5.74, 6) is 0.986. The van der Waals surface area contributed by atoms with Crippen molar-refractivity contribution in [2.24, 2.45) is 0 Å². The molecule has 2 saturated heterocycles. The van der Waals surface area contributed by atoms with Crippen LogP contribution in [-0.4, -0.2) is 29.7 Å². The Hall–Kier alpha value is -1.60. The van der Waals surface area contributed by atoms with Crippen LogP contribution in [0.25, 0.3) is 0 Å². The van der Waals surface area contributed by atoms with Gasteiger partial charge in [0, 0.05) is 30.4 Å². The van der Waals surface area contributed by atoms with Crippen molar-refractivity contribution in [3.8, 4) is 6.07 Å². The summed E-state index contributed by atoms with van der Waals surface area (Å²) >= 11 is 0. The molecule has 0 saturated carbocycles. The number of aromatic nitrogens is 1. The second-order valence-corrected chi connectivity index (χ2v) is 6.42. The van der Waals surface area contributed by atoms with Crippen molar-refractivity contribution in [1.82, 2.24) is 10.3 Å². The SMILES string of the molecule is CCCN(c1cc(C#N)cc(C)n1)C1CC2CCC(C1)N2. The molecule has 4 nitrogen and oxygen atoms in total. The van der Waals surface area contributed by atoms with Crippen LogP contribution in [0.3, 0.4) is 0 Å². The molecule has 112 valence electrons. The van der Waals surface area contributed by atoms with Crippen LogP contribution in [0.2, 0.25) is 0 Å². The van der Waals surface area contributed by atoms with Gasteiger partial charge in [0.1, 0.15) is 5.82 Å². The Morgan fingerprint density at radius 1 is 1.33 bits per heavy atom. The summed E-state index contributed by atoms with van der Waals surface area (Å²) in [6, 6.07) is 7.98. The summed E-state index contributed by atoms with van der Waals surface area (Å²) in [5.41, 5.74) is 1.65. The van der Waals surface area contributed by atoms with Gasteiger partial charge in [0.15, 0.2) is 0 Å². The second-order valence-electron chi connectivity index (χ2n) is 6.42. The summed E-state index contributed by atoms with van der Waals surface area (Å²) in [4.78, 5) is 7.15. The standard InChI is InChI=1S/C17H24N4/c1-3-6-21(16-9-14-4-5-15(10-16)20-14)17-8-13(11-18)7-12(2)19-17/h7-8,14-16,20H,3-6,9-10H2,1-2H3. The normalized spacial score (nSPS) is 27.4. The monoisotopic (exact) mass is 284 g/mol. The number of hydrogen-bond donors (Lipinski definition) is 1. The third-order valence-electron chi connectivity index (χ3n) is 4.72. The number of nitrogens with one attached hydrogen (secondary N) is 1. The molecule has 1 N–H and O–H groups in total. The molecule has 3 heterocycles. The highest BCUT2D eigenvalue weighted by Crippen LogP contribution is 2.32. The van der Waals surface area contributed by atoms with E-state index in [1.165, 1.54) is 25.7 Å². The van der Waals surface area contributed by atoms with Gasteiger partial charge in [-0.3, -0.25) is 0 Å². The molecule has 1 aromatic heterocycles. The first kappa shape index (κ1) is 14.3. The lowest BCUT2D eigenvalue weighted by Crippen LogP contribution is -2.49. The Balaban J connectivity index is 1.87. The van der Waals surface area contributed by atoms with E-state index < -0.39 is 0 Å². The molecule has 0 amide bonds. The third-order valence-corrected chi connectivity index (χ3v) is 4.72. The zero-order chi connectivity index (χ0) is 14.8. The van der Waals surface area contributed by atoms with E-state index in [0.29, 0.717) is 18.1 Å². The molecule has 21 heavy (non-hydrogen) atoms. The molecule has 4 heteroatoms. The summed E-state index contributed by atoms with van der Waals surface area (Å²) in [5, 5.41) is 12.9. The zero-order valence-corrected chi connectivity index (χ0v) is 13.0. The van der Waals surface area contributed by atoms with E-state index in [9.17, 15) is 5.26 Å². The topological polar surface area (TPSA) is 52.0 Å². The molecule has 2 fully saturated rings. The van der Waals surface area contributed by atoms with Crippen molar-refractivity contribution in [3.63, 3.8) is 0 Å². The first-order valence-corrected chi connectivity index (χ1v) is 8.11. The molecule has 2 aliphatic rings. The van der Waals surface area contributed by atoms with Crippen molar-refractivity contribution >= 4 is 5.82 Å². The molecule has 0 aliphatic carbocycles. The van der Waals surface area contributed by atoms with Crippen molar-refractivity contribution in [3.05, 3.63) is 23.4 Å². The molecule has 3 rings (SSSR count). The van der Waals surface area contributed by atoms with E-state index in [4.69, 9.17) is 4.98 Å². The van der Waals surface area contributed by atoms with Crippen LogP contribution in [0.4, 0.5) is 5.82 Å². The minimum absolute atomic E-state index is 0.560. The Morgan fingerprint density at radius 2 is 2.05 bits per heavy atom. The first-order valence-electron chi connectivity index (χ1n) is 8.11. The van der Waals surface area contributed by atoms with Gasteiger partial charge in [-0.1, -0.05) is 6.92 Å². The Kier molecular flexibility index (Phi) is 4.12. The quantitative estimate of drug-likeness (QED) is 0.923. The highest BCUT2D eigenvalue weighted by molar-refractivity contribution is 5.47. The van der Waals surface area contributed by atoms with Crippen molar-refractivity contribution in [1.29, 1.82) is 5.26 Å². The fourth-order valence-corrected chi connectivity index (χ4v) is 3.87. The number of nitriles is 1. The van der Waals surface area contributed by atoms with E-state index in [0.717, 1.165) is 30.0 Å². The lowest BCUT2D eigenvalue weighted by atomic mass is 9.97. The van der Waals surface area contributed by atoms with Crippen molar-refractivity contribution in [2.75, 3.05) is 11.4 Å². The fourth-order valence-electron chi connectivity index (χ4n) is 3.87. The van der Waals surface area contributed by atoms with E-state index in [1.807, 2.05) is 19.1 Å². The van der Waals surface area contributed by atoms with Crippen LogP contribution in [0.15, 0.2) is 12.1 Å².